The van der Waals surface area contributed by atoms with Gasteiger partial charge in [0.2, 0.25) is 0 Å². The number of benzene rings is 9. The summed E-state index contributed by atoms with van der Waals surface area (Å²) in [7, 11) is 0. The van der Waals surface area contributed by atoms with E-state index in [0.717, 1.165) is 22.7 Å². The van der Waals surface area contributed by atoms with E-state index in [1.807, 2.05) is 0 Å². The highest BCUT2D eigenvalue weighted by molar-refractivity contribution is 6.93. The topological polar surface area (TPSA) is 39.1 Å². The Morgan fingerprint density at radius 2 is 0.800 bits per heavy atom. The third-order valence-corrected chi connectivity index (χ3v) is 14.1. The van der Waals surface area contributed by atoms with Crippen molar-refractivity contribution in [1.82, 2.24) is 8.96 Å². The highest BCUT2D eigenvalue weighted by Gasteiger charge is 2.47. The highest BCUT2D eigenvalue weighted by atomic mass is 15.1. The molecule has 0 radical (unpaired) electrons. The first-order valence-corrected chi connectivity index (χ1v) is 21.0. The summed E-state index contributed by atoms with van der Waals surface area (Å²) in [5.74, 6) is 0. The Morgan fingerprint density at radius 1 is 0.383 bits per heavy atom. The molecule has 4 nitrogen and oxygen atoms in total. The van der Waals surface area contributed by atoms with Crippen LogP contribution in [0.5, 0.6) is 0 Å². The van der Waals surface area contributed by atoms with Gasteiger partial charge in [-0.1, -0.05) is 121 Å². The molecule has 0 saturated heterocycles. The highest BCUT2D eigenvalue weighted by Crippen LogP contribution is 2.55. The first-order valence-electron chi connectivity index (χ1n) is 21.0. The average molecular weight is 759 g/mol. The second kappa shape index (κ2) is 10.9. The summed E-state index contributed by atoms with van der Waals surface area (Å²) in [6.07, 6.45) is 0. The molecule has 6 heterocycles. The quantitative estimate of drug-likeness (QED) is 0.144. The van der Waals surface area contributed by atoms with Crippen LogP contribution in [0.15, 0.2) is 182 Å². The summed E-state index contributed by atoms with van der Waals surface area (Å²) < 4.78 is 5.40. The zero-order chi connectivity index (χ0) is 39.0. The van der Waals surface area contributed by atoms with Gasteiger partial charge in [0.1, 0.15) is 0 Å². The number of nitrogens with zero attached hydrogens (tertiary/aromatic N) is 3. The van der Waals surface area contributed by atoms with Crippen LogP contribution in [0.3, 0.4) is 0 Å². The normalized spacial score (nSPS) is 13.3. The van der Waals surface area contributed by atoms with Crippen LogP contribution in [0.25, 0.3) is 88.1 Å². The van der Waals surface area contributed by atoms with Crippen LogP contribution in [0.4, 0.5) is 22.7 Å². The van der Waals surface area contributed by atoms with Gasteiger partial charge in [-0.2, -0.15) is 0 Å². The molecule has 60 heavy (non-hydrogen) atoms. The molecule has 0 bridgehead atoms. The van der Waals surface area contributed by atoms with E-state index < -0.39 is 0 Å². The number of nitrogen functional groups attached to an aromatic ring is 1. The van der Waals surface area contributed by atoms with Gasteiger partial charge in [-0.05, 0) is 116 Å². The molecule has 2 N–H and O–H groups in total. The molecule has 2 aromatic heterocycles. The average Bonchev–Trinajstić information content (AvgIpc) is 4.02. The zero-order valence-corrected chi connectivity index (χ0v) is 32.4. The Labute approximate surface area is 346 Å². The van der Waals surface area contributed by atoms with E-state index >= 15 is 0 Å². The molecule has 4 aliphatic heterocycles. The van der Waals surface area contributed by atoms with Crippen LogP contribution in [-0.2, 0) is 0 Å². The van der Waals surface area contributed by atoms with E-state index in [2.05, 4.69) is 196 Å². The van der Waals surface area contributed by atoms with Gasteiger partial charge in [0.25, 0.3) is 0 Å². The molecule has 11 aromatic rings. The van der Waals surface area contributed by atoms with Crippen molar-refractivity contribution in [1.29, 1.82) is 0 Å². The zero-order valence-electron chi connectivity index (χ0n) is 32.4. The number of nitrogens with two attached hydrogens (primary N) is 1. The number of hydrogen-bond donors (Lipinski definition) is 1. The van der Waals surface area contributed by atoms with Crippen molar-refractivity contribution in [2.75, 3.05) is 10.6 Å². The lowest BCUT2D eigenvalue weighted by atomic mass is 9.49. The second-order valence-corrected chi connectivity index (χ2v) is 16.9. The standard InChI is InChI=1S/C54H32B2N4/c57-31-27-39-35-19-7-11-23-43(35)55-51(39)41(28-31)49-47-37-21-9-13-25-45(37)60-54(47)50(48-38-22-10-14-26-46(38)59(55)53(48)49)42-30-34(29-40-36-20-8-12-24-44(36)56(60)52(40)42)58(32-15-3-1-4-16-32)33-17-5-2-6-18-33/h1-30H,57H2. The molecule has 0 aliphatic carbocycles. The van der Waals surface area contributed by atoms with Crippen molar-refractivity contribution in [2.24, 2.45) is 0 Å². The van der Waals surface area contributed by atoms with Gasteiger partial charge >= 0.3 is 13.7 Å². The van der Waals surface area contributed by atoms with Gasteiger partial charge in [0.05, 0.1) is 0 Å². The fraction of sp³-hybridized carbons (Fsp3) is 0. The number of anilines is 4. The van der Waals surface area contributed by atoms with Gasteiger partial charge in [-0.25, -0.2) is 0 Å². The summed E-state index contributed by atoms with van der Waals surface area (Å²) in [5.41, 5.74) is 32.0. The predicted molar refractivity (Wildman–Crippen MR) is 254 cm³/mol. The predicted octanol–water partition coefficient (Wildman–Crippen LogP) is 10.2. The maximum absolute atomic E-state index is 6.98. The number of aromatic nitrogens is 2. The molecule has 6 heteroatoms. The lowest BCUT2D eigenvalue weighted by Gasteiger charge is -2.31. The first-order chi connectivity index (χ1) is 29.7. The third-order valence-electron chi connectivity index (χ3n) is 14.1. The fourth-order valence-electron chi connectivity index (χ4n) is 12.1. The Bertz CT molecular complexity index is 3710. The van der Waals surface area contributed by atoms with Crippen LogP contribution in [0.1, 0.15) is 0 Å². The molecule has 15 rings (SSSR count). The van der Waals surface area contributed by atoms with Crippen molar-refractivity contribution in [2.45, 2.75) is 0 Å². The van der Waals surface area contributed by atoms with Gasteiger partial charge in [0.15, 0.2) is 0 Å². The third kappa shape index (κ3) is 3.60. The monoisotopic (exact) mass is 758 g/mol. The van der Waals surface area contributed by atoms with Gasteiger partial charge in [-0.3, -0.25) is 0 Å². The molecule has 0 amide bonds. The summed E-state index contributed by atoms with van der Waals surface area (Å²) >= 11 is 0. The van der Waals surface area contributed by atoms with Crippen LogP contribution in [0, 0.1) is 0 Å². The minimum absolute atomic E-state index is 0.0159. The molecule has 0 spiro atoms. The van der Waals surface area contributed by atoms with Gasteiger partial charge < -0.3 is 19.6 Å². The number of hydrogen-bond acceptors (Lipinski definition) is 2. The molecular formula is C54H32B2N4. The van der Waals surface area contributed by atoms with Gasteiger partial charge in [-0.15, -0.1) is 0 Å². The summed E-state index contributed by atoms with van der Waals surface area (Å²) in [4.78, 5) is 2.43. The van der Waals surface area contributed by atoms with E-state index in [4.69, 9.17) is 5.73 Å². The largest absolute Gasteiger partial charge is 0.399 e. The summed E-state index contributed by atoms with van der Waals surface area (Å²) in [6, 6.07) is 67.5. The molecule has 4 aliphatic rings. The molecule has 0 saturated carbocycles. The van der Waals surface area contributed by atoms with Crippen molar-refractivity contribution < 1.29 is 0 Å². The molecule has 0 fully saturated rings. The Morgan fingerprint density at radius 3 is 1.35 bits per heavy atom. The maximum Gasteiger partial charge on any atom is 0.330 e. The summed E-state index contributed by atoms with van der Waals surface area (Å²) in [6.45, 7) is 0.0474. The van der Waals surface area contributed by atoms with Crippen molar-refractivity contribution >= 4 is 102 Å². The van der Waals surface area contributed by atoms with Crippen LogP contribution >= 0.6 is 0 Å². The number of para-hydroxylation sites is 4. The molecule has 0 atom stereocenters. The fourth-order valence-corrected chi connectivity index (χ4v) is 12.1. The minimum Gasteiger partial charge on any atom is -0.399 e. The molecule has 0 unspecified atom stereocenters. The van der Waals surface area contributed by atoms with Crippen LogP contribution < -0.4 is 32.5 Å². The molecule has 9 aromatic carbocycles. The Kier molecular flexibility index (Phi) is 5.67. The second-order valence-electron chi connectivity index (χ2n) is 16.9. The lowest BCUT2D eigenvalue weighted by Crippen LogP contribution is -2.48. The van der Waals surface area contributed by atoms with E-state index in [-0.39, 0.29) is 13.7 Å². The van der Waals surface area contributed by atoms with E-state index in [9.17, 15) is 0 Å². The summed E-state index contributed by atoms with van der Waals surface area (Å²) in [5, 5.41) is 5.19. The van der Waals surface area contributed by atoms with E-state index in [1.165, 1.54) is 110 Å². The molecular weight excluding hydrogens is 726 g/mol. The lowest BCUT2D eigenvalue weighted by molar-refractivity contribution is 1.28. The number of rotatable bonds is 3. The van der Waals surface area contributed by atoms with Crippen LogP contribution in [-0.4, -0.2) is 22.7 Å². The van der Waals surface area contributed by atoms with Crippen molar-refractivity contribution in [3.8, 4) is 44.5 Å². The Balaban J connectivity index is 1.19. The Hall–Kier alpha value is -7.69. The maximum atomic E-state index is 6.98. The molecule has 274 valence electrons. The van der Waals surface area contributed by atoms with Crippen molar-refractivity contribution in [3.63, 3.8) is 0 Å². The van der Waals surface area contributed by atoms with Gasteiger partial charge in [0, 0.05) is 77.5 Å². The first kappa shape index (κ1) is 31.3. The number of fused-ring (bicyclic) bond motifs is 18. The van der Waals surface area contributed by atoms with Crippen molar-refractivity contribution in [3.05, 3.63) is 182 Å². The van der Waals surface area contributed by atoms with E-state index in [0.29, 0.717) is 0 Å². The van der Waals surface area contributed by atoms with Crippen LogP contribution in [0.2, 0.25) is 0 Å². The SMILES string of the molecule is Nc1cc2c3c(c1)-c1c4c5ccccc5n5c4c(c4c6ccccc6n(c14)B3c1ccccc1-2)-c1cc(N(c2ccccc2)c2ccccc2)cc2c1B5c1ccccc1-2. The van der Waals surface area contributed by atoms with E-state index in [1.54, 1.807) is 0 Å². The smallest absolute Gasteiger partial charge is 0.330 e. The minimum atomic E-state index is 0.0159.